The van der Waals surface area contributed by atoms with Crippen LogP contribution in [0.3, 0.4) is 0 Å². The summed E-state index contributed by atoms with van der Waals surface area (Å²) < 4.78 is 5.39. The van der Waals surface area contributed by atoms with Crippen LogP contribution in [0.2, 0.25) is 0 Å². The Labute approximate surface area is 89.9 Å². The van der Waals surface area contributed by atoms with Crippen LogP contribution in [0.25, 0.3) is 0 Å². The number of hydrogen-bond donors (Lipinski definition) is 0. The molecule has 1 heterocycles. The molecule has 0 aliphatic carbocycles. The average Bonchev–Trinajstić information content (AvgIpc) is 2.67. The number of nitrogens with zero attached hydrogens (tertiary/aromatic N) is 1. The van der Waals surface area contributed by atoms with Gasteiger partial charge in [0.15, 0.2) is 0 Å². The Morgan fingerprint density at radius 1 is 1.20 bits per heavy atom. The number of benzene rings is 1. The van der Waals surface area contributed by atoms with E-state index in [1.807, 2.05) is 18.2 Å². The molecule has 1 aromatic heterocycles. The third-order valence-electron chi connectivity index (χ3n) is 1.76. The molecule has 0 saturated carbocycles. The Morgan fingerprint density at radius 2 is 1.93 bits per heavy atom. The second-order valence-electron chi connectivity index (χ2n) is 2.77. The summed E-state index contributed by atoms with van der Waals surface area (Å²) in [6.07, 6.45) is 0. The Balaban J connectivity index is 2.25. The van der Waals surface area contributed by atoms with Crippen molar-refractivity contribution in [2.24, 2.45) is 0 Å². The van der Waals surface area contributed by atoms with Crippen LogP contribution < -0.4 is 4.74 Å². The van der Waals surface area contributed by atoms with Gasteiger partial charge in [-0.05, 0) is 12.1 Å². The van der Waals surface area contributed by atoms with Gasteiger partial charge in [0.05, 0.1) is 4.92 Å². The van der Waals surface area contributed by atoms with Crippen molar-refractivity contribution in [3.8, 4) is 10.8 Å². The summed E-state index contributed by atoms with van der Waals surface area (Å²) in [5.74, 6) is 0.600. The van der Waals surface area contributed by atoms with E-state index in [0.717, 1.165) is 0 Å². The minimum atomic E-state index is -0.450. The Bertz CT molecular complexity index is 467. The standard InChI is InChI=1S/C10H7NO3S/c12-11(13)9-6-7-15-10(9)14-8-4-2-1-3-5-8/h1-7H. The van der Waals surface area contributed by atoms with Crippen molar-refractivity contribution in [3.05, 3.63) is 51.9 Å². The molecule has 0 amide bonds. The first-order valence-electron chi connectivity index (χ1n) is 4.22. The third-order valence-corrected chi connectivity index (χ3v) is 2.54. The van der Waals surface area contributed by atoms with E-state index < -0.39 is 4.92 Å². The lowest BCUT2D eigenvalue weighted by molar-refractivity contribution is -0.385. The van der Waals surface area contributed by atoms with Gasteiger partial charge in [-0.25, -0.2) is 0 Å². The first kappa shape index (κ1) is 9.67. The van der Waals surface area contributed by atoms with Crippen LogP contribution in [-0.2, 0) is 0 Å². The summed E-state index contributed by atoms with van der Waals surface area (Å²) in [5, 5.41) is 12.6. The smallest absolute Gasteiger partial charge is 0.322 e. The van der Waals surface area contributed by atoms with Crippen molar-refractivity contribution in [2.45, 2.75) is 0 Å². The highest BCUT2D eigenvalue weighted by Gasteiger charge is 2.16. The van der Waals surface area contributed by atoms with E-state index in [4.69, 9.17) is 4.74 Å². The minimum Gasteiger partial charge on any atom is -0.440 e. The fourth-order valence-electron chi connectivity index (χ4n) is 1.10. The first-order chi connectivity index (χ1) is 7.27. The molecule has 0 bridgehead atoms. The maximum Gasteiger partial charge on any atom is 0.322 e. The molecule has 15 heavy (non-hydrogen) atoms. The number of para-hydroxylation sites is 1. The Kier molecular flexibility index (Phi) is 2.64. The van der Waals surface area contributed by atoms with Gasteiger partial charge >= 0.3 is 5.69 Å². The molecular weight excluding hydrogens is 214 g/mol. The predicted octanol–water partition coefficient (Wildman–Crippen LogP) is 3.45. The van der Waals surface area contributed by atoms with Crippen LogP contribution in [-0.4, -0.2) is 4.92 Å². The van der Waals surface area contributed by atoms with E-state index in [-0.39, 0.29) is 5.69 Å². The number of ether oxygens (including phenoxy) is 1. The van der Waals surface area contributed by atoms with E-state index >= 15 is 0 Å². The lowest BCUT2D eigenvalue weighted by Gasteiger charge is -2.01. The van der Waals surface area contributed by atoms with Gasteiger partial charge in [-0.15, -0.1) is 11.3 Å². The third kappa shape index (κ3) is 2.13. The molecule has 0 spiro atoms. The maximum absolute atomic E-state index is 10.6. The molecule has 0 aliphatic heterocycles. The molecule has 1 aromatic carbocycles. The maximum atomic E-state index is 10.6. The normalized spacial score (nSPS) is 9.87. The SMILES string of the molecule is O=[N+]([O-])c1ccsc1Oc1ccccc1. The molecule has 0 radical (unpaired) electrons. The van der Waals surface area contributed by atoms with Gasteiger partial charge in [0.2, 0.25) is 0 Å². The van der Waals surface area contributed by atoms with Crippen molar-refractivity contribution in [2.75, 3.05) is 0 Å². The second kappa shape index (κ2) is 4.10. The molecule has 2 rings (SSSR count). The van der Waals surface area contributed by atoms with Crippen molar-refractivity contribution in [3.63, 3.8) is 0 Å². The first-order valence-corrected chi connectivity index (χ1v) is 5.10. The molecule has 0 atom stereocenters. The zero-order valence-corrected chi connectivity index (χ0v) is 8.44. The highest BCUT2D eigenvalue weighted by atomic mass is 32.1. The molecule has 0 aliphatic rings. The molecule has 2 aromatic rings. The van der Waals surface area contributed by atoms with E-state index in [9.17, 15) is 10.1 Å². The summed E-state index contributed by atoms with van der Waals surface area (Å²) in [6, 6.07) is 10.4. The van der Waals surface area contributed by atoms with E-state index in [1.165, 1.54) is 17.4 Å². The van der Waals surface area contributed by atoms with Gasteiger partial charge in [-0.2, -0.15) is 0 Å². The van der Waals surface area contributed by atoms with Crippen molar-refractivity contribution >= 4 is 17.0 Å². The number of hydrogen-bond acceptors (Lipinski definition) is 4. The highest BCUT2D eigenvalue weighted by Crippen LogP contribution is 2.36. The lowest BCUT2D eigenvalue weighted by Crippen LogP contribution is -1.88. The zero-order valence-electron chi connectivity index (χ0n) is 7.62. The van der Waals surface area contributed by atoms with Crippen LogP contribution in [0.1, 0.15) is 0 Å². The Hall–Kier alpha value is -1.88. The summed E-state index contributed by atoms with van der Waals surface area (Å²) in [6.45, 7) is 0. The molecule has 0 fully saturated rings. The summed E-state index contributed by atoms with van der Waals surface area (Å²) in [4.78, 5) is 10.2. The van der Waals surface area contributed by atoms with Crippen molar-refractivity contribution in [1.82, 2.24) is 0 Å². The molecule has 5 heteroatoms. The van der Waals surface area contributed by atoms with Gasteiger partial charge in [0.25, 0.3) is 5.06 Å². The van der Waals surface area contributed by atoms with E-state index in [1.54, 1.807) is 17.5 Å². The van der Waals surface area contributed by atoms with E-state index in [2.05, 4.69) is 0 Å². The van der Waals surface area contributed by atoms with Crippen molar-refractivity contribution in [1.29, 1.82) is 0 Å². The molecule has 0 saturated heterocycles. The molecule has 76 valence electrons. The van der Waals surface area contributed by atoms with Gasteiger partial charge < -0.3 is 4.74 Å². The average molecular weight is 221 g/mol. The fourth-order valence-corrected chi connectivity index (χ4v) is 1.82. The van der Waals surface area contributed by atoms with Crippen LogP contribution >= 0.6 is 11.3 Å². The van der Waals surface area contributed by atoms with Crippen molar-refractivity contribution < 1.29 is 9.66 Å². The molecule has 4 nitrogen and oxygen atoms in total. The van der Waals surface area contributed by atoms with E-state index in [0.29, 0.717) is 10.8 Å². The van der Waals surface area contributed by atoms with Crippen LogP contribution in [0.15, 0.2) is 41.8 Å². The van der Waals surface area contributed by atoms with Crippen LogP contribution in [0, 0.1) is 10.1 Å². The summed E-state index contributed by atoms with van der Waals surface area (Å²) >= 11 is 1.21. The molecule has 0 N–H and O–H groups in total. The zero-order chi connectivity index (χ0) is 10.7. The van der Waals surface area contributed by atoms with Gasteiger partial charge in [0.1, 0.15) is 5.75 Å². The number of thiophene rings is 1. The Morgan fingerprint density at radius 3 is 2.60 bits per heavy atom. The largest absolute Gasteiger partial charge is 0.440 e. The predicted molar refractivity (Wildman–Crippen MR) is 57.5 cm³/mol. The number of rotatable bonds is 3. The lowest BCUT2D eigenvalue weighted by atomic mass is 10.3. The quantitative estimate of drug-likeness (QED) is 0.589. The molecular formula is C10H7NO3S. The number of nitro groups is 1. The topological polar surface area (TPSA) is 52.4 Å². The van der Waals surface area contributed by atoms with Gasteiger partial charge in [-0.3, -0.25) is 10.1 Å². The summed E-state index contributed by atoms with van der Waals surface area (Å²) in [7, 11) is 0. The summed E-state index contributed by atoms with van der Waals surface area (Å²) in [5.41, 5.74) is 0.00357. The highest BCUT2D eigenvalue weighted by molar-refractivity contribution is 7.12. The second-order valence-corrected chi connectivity index (χ2v) is 3.64. The van der Waals surface area contributed by atoms with Crippen LogP contribution in [0.5, 0.6) is 10.8 Å². The van der Waals surface area contributed by atoms with Gasteiger partial charge in [-0.1, -0.05) is 18.2 Å². The van der Waals surface area contributed by atoms with Crippen LogP contribution in [0.4, 0.5) is 5.69 Å². The fraction of sp³-hybridized carbons (Fsp3) is 0. The molecule has 0 unspecified atom stereocenters. The minimum absolute atomic E-state index is 0.00357. The van der Waals surface area contributed by atoms with Gasteiger partial charge in [0, 0.05) is 11.4 Å². The monoisotopic (exact) mass is 221 g/mol.